The zero-order valence-corrected chi connectivity index (χ0v) is 14.8. The minimum atomic E-state index is -0.302. The Labute approximate surface area is 155 Å². The molecule has 1 fully saturated rings. The number of primary amides is 1. The lowest BCUT2D eigenvalue weighted by atomic mass is 9.96. The standard InChI is InChI=1S/C19H21FN4O3/c20-14-3-1-12(2-4-14)17-10-24-15(11-27-17)9-16(22-24)19(26)23-7-5-13(6-8-23)18(21)25/h1-4,9,13,17H,5-8,10-11H2,(H2,21,25)/t17-/m1/s1. The average molecular weight is 372 g/mol. The van der Waals surface area contributed by atoms with Crippen molar-refractivity contribution in [2.45, 2.75) is 32.1 Å². The molecule has 0 bridgehead atoms. The molecule has 0 saturated carbocycles. The van der Waals surface area contributed by atoms with E-state index in [2.05, 4.69) is 5.10 Å². The van der Waals surface area contributed by atoms with Crippen LogP contribution in [0.25, 0.3) is 0 Å². The number of fused-ring (bicyclic) bond motifs is 1. The Bertz CT molecular complexity index is 856. The minimum absolute atomic E-state index is 0.141. The molecule has 2 aliphatic rings. The largest absolute Gasteiger partial charge is 0.369 e. The number of ether oxygens (including phenoxy) is 1. The number of carbonyl (C=O) groups is 2. The topological polar surface area (TPSA) is 90.5 Å². The number of piperidine rings is 1. The van der Waals surface area contributed by atoms with Gasteiger partial charge in [0.2, 0.25) is 5.91 Å². The summed E-state index contributed by atoms with van der Waals surface area (Å²) < 4.78 is 20.7. The van der Waals surface area contributed by atoms with E-state index >= 15 is 0 Å². The van der Waals surface area contributed by atoms with Gasteiger partial charge in [-0.1, -0.05) is 12.1 Å². The lowest BCUT2D eigenvalue weighted by molar-refractivity contribution is -0.123. The van der Waals surface area contributed by atoms with Gasteiger partial charge in [-0.2, -0.15) is 5.10 Å². The van der Waals surface area contributed by atoms with Crippen molar-refractivity contribution >= 4 is 11.8 Å². The number of likely N-dealkylation sites (tertiary alicyclic amines) is 1. The molecule has 0 aliphatic carbocycles. The summed E-state index contributed by atoms with van der Waals surface area (Å²) in [6, 6.07) is 7.96. The number of rotatable bonds is 3. The molecule has 2 aromatic rings. The van der Waals surface area contributed by atoms with Gasteiger partial charge in [0, 0.05) is 19.0 Å². The number of nitrogens with two attached hydrogens (primary N) is 1. The zero-order chi connectivity index (χ0) is 19.0. The summed E-state index contributed by atoms with van der Waals surface area (Å²) in [5, 5.41) is 4.45. The fourth-order valence-electron chi connectivity index (χ4n) is 3.64. The Morgan fingerprint density at radius 2 is 1.89 bits per heavy atom. The summed E-state index contributed by atoms with van der Waals surface area (Å²) >= 11 is 0. The highest BCUT2D eigenvalue weighted by Gasteiger charge is 2.29. The van der Waals surface area contributed by atoms with Crippen molar-refractivity contribution in [3.8, 4) is 0 Å². The van der Waals surface area contributed by atoms with Crippen molar-refractivity contribution in [2.75, 3.05) is 13.1 Å². The van der Waals surface area contributed by atoms with Crippen LogP contribution in [0.3, 0.4) is 0 Å². The van der Waals surface area contributed by atoms with Crippen molar-refractivity contribution in [1.29, 1.82) is 0 Å². The van der Waals surface area contributed by atoms with Gasteiger partial charge in [0.1, 0.15) is 11.9 Å². The van der Waals surface area contributed by atoms with Gasteiger partial charge in [-0.15, -0.1) is 0 Å². The predicted molar refractivity (Wildman–Crippen MR) is 94.0 cm³/mol. The Morgan fingerprint density at radius 1 is 1.19 bits per heavy atom. The number of halogens is 1. The average Bonchev–Trinajstić information content (AvgIpc) is 3.11. The molecule has 1 aromatic carbocycles. The van der Waals surface area contributed by atoms with E-state index in [9.17, 15) is 14.0 Å². The third-order valence-corrected chi connectivity index (χ3v) is 5.28. The molecule has 2 N–H and O–H groups in total. The first-order valence-corrected chi connectivity index (χ1v) is 9.03. The number of benzene rings is 1. The summed E-state index contributed by atoms with van der Waals surface area (Å²) in [5.74, 6) is -0.891. The Morgan fingerprint density at radius 3 is 2.56 bits per heavy atom. The van der Waals surface area contributed by atoms with E-state index < -0.39 is 0 Å². The fraction of sp³-hybridized carbons (Fsp3) is 0.421. The van der Waals surface area contributed by atoms with Gasteiger partial charge in [0.05, 0.1) is 18.8 Å². The maximum Gasteiger partial charge on any atom is 0.274 e. The fourth-order valence-corrected chi connectivity index (χ4v) is 3.64. The maximum atomic E-state index is 13.1. The van der Waals surface area contributed by atoms with E-state index in [1.807, 2.05) is 0 Å². The number of hydrogen-bond acceptors (Lipinski definition) is 4. The zero-order valence-electron chi connectivity index (χ0n) is 14.8. The molecule has 27 heavy (non-hydrogen) atoms. The predicted octanol–water partition coefficient (Wildman–Crippen LogP) is 1.63. The van der Waals surface area contributed by atoms with Gasteiger partial charge in [-0.3, -0.25) is 14.3 Å². The normalized spacial score (nSPS) is 20.3. The van der Waals surface area contributed by atoms with Crippen LogP contribution in [0.4, 0.5) is 4.39 Å². The molecule has 0 radical (unpaired) electrons. The maximum absolute atomic E-state index is 13.1. The van der Waals surface area contributed by atoms with Gasteiger partial charge in [-0.25, -0.2) is 4.39 Å². The molecule has 1 atom stereocenters. The summed E-state index contributed by atoms with van der Waals surface area (Å²) in [5.41, 5.74) is 7.43. The quantitative estimate of drug-likeness (QED) is 0.887. The Balaban J connectivity index is 1.44. The lowest BCUT2D eigenvalue weighted by Gasteiger charge is -2.30. The van der Waals surface area contributed by atoms with Crippen LogP contribution < -0.4 is 5.73 Å². The number of hydrogen-bond donors (Lipinski definition) is 1. The van der Waals surface area contributed by atoms with Crippen LogP contribution in [-0.2, 0) is 22.7 Å². The number of amides is 2. The van der Waals surface area contributed by atoms with Crippen molar-refractivity contribution in [1.82, 2.24) is 14.7 Å². The Kier molecular flexibility index (Phi) is 4.65. The molecule has 8 heteroatoms. The monoisotopic (exact) mass is 372 g/mol. The van der Waals surface area contributed by atoms with Gasteiger partial charge in [0.25, 0.3) is 5.91 Å². The van der Waals surface area contributed by atoms with Gasteiger partial charge in [0.15, 0.2) is 5.69 Å². The second-order valence-corrected chi connectivity index (χ2v) is 7.02. The molecule has 0 unspecified atom stereocenters. The second kappa shape index (κ2) is 7.11. The van der Waals surface area contributed by atoms with Crippen LogP contribution in [0.15, 0.2) is 30.3 Å². The second-order valence-electron chi connectivity index (χ2n) is 7.02. The molecule has 2 aliphatic heterocycles. The van der Waals surface area contributed by atoms with Crippen molar-refractivity contribution < 1.29 is 18.7 Å². The summed E-state index contributed by atoms with van der Waals surface area (Å²) in [6.07, 6.45) is 0.946. The first-order chi connectivity index (χ1) is 13.0. The van der Waals surface area contributed by atoms with E-state index in [0.717, 1.165) is 11.3 Å². The molecule has 0 spiro atoms. The van der Waals surface area contributed by atoms with Gasteiger partial charge < -0.3 is 15.4 Å². The third-order valence-electron chi connectivity index (χ3n) is 5.28. The van der Waals surface area contributed by atoms with Gasteiger partial charge >= 0.3 is 0 Å². The van der Waals surface area contributed by atoms with E-state index in [1.54, 1.807) is 27.8 Å². The number of nitrogens with zero attached hydrogens (tertiary/aromatic N) is 3. The van der Waals surface area contributed by atoms with Crippen LogP contribution in [0, 0.1) is 11.7 Å². The smallest absolute Gasteiger partial charge is 0.274 e. The van der Waals surface area contributed by atoms with Crippen LogP contribution >= 0.6 is 0 Å². The molecular formula is C19H21FN4O3. The molecule has 1 aromatic heterocycles. The number of aromatic nitrogens is 2. The molecule has 2 amide bonds. The minimum Gasteiger partial charge on any atom is -0.369 e. The SMILES string of the molecule is NC(=O)C1CCN(C(=O)c2cc3n(n2)C[C@H](c2ccc(F)cc2)OC3)CC1. The highest BCUT2D eigenvalue weighted by Crippen LogP contribution is 2.27. The summed E-state index contributed by atoms with van der Waals surface area (Å²) in [7, 11) is 0. The van der Waals surface area contributed by atoms with E-state index in [0.29, 0.717) is 44.8 Å². The molecule has 3 heterocycles. The third kappa shape index (κ3) is 3.57. The van der Waals surface area contributed by atoms with Crippen LogP contribution in [0.1, 0.15) is 40.7 Å². The molecule has 7 nitrogen and oxygen atoms in total. The first-order valence-electron chi connectivity index (χ1n) is 9.03. The molecule has 1 saturated heterocycles. The highest BCUT2D eigenvalue weighted by molar-refractivity contribution is 5.92. The van der Waals surface area contributed by atoms with E-state index in [4.69, 9.17) is 10.5 Å². The molecular weight excluding hydrogens is 351 g/mol. The Hall–Kier alpha value is -2.74. The van der Waals surface area contributed by atoms with Crippen LogP contribution in [0.5, 0.6) is 0 Å². The van der Waals surface area contributed by atoms with E-state index in [-0.39, 0.29) is 29.7 Å². The van der Waals surface area contributed by atoms with Crippen molar-refractivity contribution in [3.05, 3.63) is 53.1 Å². The summed E-state index contributed by atoms with van der Waals surface area (Å²) in [4.78, 5) is 25.7. The van der Waals surface area contributed by atoms with Crippen molar-refractivity contribution in [3.63, 3.8) is 0 Å². The number of carbonyl (C=O) groups excluding carboxylic acids is 2. The van der Waals surface area contributed by atoms with Gasteiger partial charge in [-0.05, 0) is 36.6 Å². The van der Waals surface area contributed by atoms with Crippen LogP contribution in [-0.4, -0.2) is 39.6 Å². The van der Waals surface area contributed by atoms with Crippen molar-refractivity contribution in [2.24, 2.45) is 11.7 Å². The summed E-state index contributed by atoms with van der Waals surface area (Å²) in [6.45, 7) is 1.82. The highest BCUT2D eigenvalue weighted by atomic mass is 19.1. The van der Waals surface area contributed by atoms with E-state index in [1.165, 1.54) is 12.1 Å². The first kappa shape index (κ1) is 17.7. The lowest BCUT2D eigenvalue weighted by Crippen LogP contribution is -2.41. The van der Waals surface area contributed by atoms with Crippen LogP contribution in [0.2, 0.25) is 0 Å². The molecule has 4 rings (SSSR count). The molecule has 142 valence electrons.